The third-order valence-corrected chi connectivity index (χ3v) is 3.23. The van der Waals surface area contributed by atoms with Gasteiger partial charge >= 0.3 is 0 Å². The fourth-order valence-corrected chi connectivity index (χ4v) is 2.53. The molecule has 1 rings (SSSR count). The van der Waals surface area contributed by atoms with Gasteiger partial charge in [0.25, 0.3) is 0 Å². The number of likely N-dealkylation sites (N-methyl/N-ethyl adjacent to an activating group) is 2. The Labute approximate surface area is 116 Å². The van der Waals surface area contributed by atoms with Crippen LogP contribution in [0.25, 0.3) is 0 Å². The molecule has 0 bridgehead atoms. The summed E-state index contributed by atoms with van der Waals surface area (Å²) in [7, 11) is 5.97. The van der Waals surface area contributed by atoms with Gasteiger partial charge in [0, 0.05) is 25.7 Å². The summed E-state index contributed by atoms with van der Waals surface area (Å²) in [5, 5.41) is 3.11. The van der Waals surface area contributed by atoms with E-state index in [9.17, 15) is 4.39 Å². The van der Waals surface area contributed by atoms with E-state index in [2.05, 4.69) is 29.0 Å². The highest BCUT2D eigenvalue weighted by Crippen LogP contribution is 2.26. The lowest BCUT2D eigenvalue weighted by Crippen LogP contribution is -2.41. The lowest BCUT2D eigenvalue weighted by atomic mass is 10.1. The molecular weight excluding hydrogens is 241 g/mol. The van der Waals surface area contributed by atoms with Crippen LogP contribution in [0.3, 0.4) is 0 Å². The van der Waals surface area contributed by atoms with E-state index in [0.717, 1.165) is 24.3 Å². The highest BCUT2D eigenvalue weighted by molar-refractivity contribution is 5.55. The Morgan fingerprint density at radius 1 is 1.32 bits per heavy atom. The molecular formula is C15H26FN3. The van der Waals surface area contributed by atoms with Gasteiger partial charge in [0.05, 0.1) is 5.69 Å². The first-order chi connectivity index (χ1) is 9.01. The molecule has 1 N–H and O–H groups in total. The molecule has 1 aromatic rings. The highest BCUT2D eigenvalue weighted by atomic mass is 19.1. The second-order valence-electron chi connectivity index (χ2n) is 5.18. The first-order valence-corrected chi connectivity index (χ1v) is 6.84. The van der Waals surface area contributed by atoms with E-state index in [1.807, 2.05) is 27.2 Å². The third kappa shape index (κ3) is 4.18. The summed E-state index contributed by atoms with van der Waals surface area (Å²) in [5.74, 6) is -0.139. The van der Waals surface area contributed by atoms with E-state index in [0.29, 0.717) is 6.54 Å². The summed E-state index contributed by atoms with van der Waals surface area (Å²) in [4.78, 5) is 4.27. The number of halogens is 1. The Kier molecular flexibility index (Phi) is 6.25. The van der Waals surface area contributed by atoms with Crippen LogP contribution < -0.4 is 10.2 Å². The zero-order valence-corrected chi connectivity index (χ0v) is 12.7. The van der Waals surface area contributed by atoms with Gasteiger partial charge in [-0.15, -0.1) is 0 Å². The first-order valence-electron chi connectivity index (χ1n) is 6.84. The number of anilines is 1. The maximum atomic E-state index is 14.2. The smallest absolute Gasteiger partial charge is 0.146 e. The summed E-state index contributed by atoms with van der Waals surface area (Å²) in [5.41, 5.74) is 1.74. The molecule has 0 aliphatic carbocycles. The molecule has 0 fully saturated rings. The number of nitrogens with zero attached hydrogens (tertiary/aromatic N) is 2. The second-order valence-corrected chi connectivity index (χ2v) is 5.18. The van der Waals surface area contributed by atoms with Crippen molar-refractivity contribution in [2.45, 2.75) is 26.4 Å². The summed E-state index contributed by atoms with van der Waals surface area (Å²) < 4.78 is 14.2. The van der Waals surface area contributed by atoms with Crippen molar-refractivity contribution in [3.05, 3.63) is 29.6 Å². The van der Waals surface area contributed by atoms with Gasteiger partial charge < -0.3 is 15.1 Å². The molecule has 1 unspecified atom stereocenters. The predicted octanol–water partition coefficient (Wildman–Crippen LogP) is 2.32. The Morgan fingerprint density at radius 3 is 2.53 bits per heavy atom. The summed E-state index contributed by atoms with van der Waals surface area (Å²) >= 11 is 0. The number of benzene rings is 1. The number of nitrogens with one attached hydrogen (secondary N) is 1. The lowest BCUT2D eigenvalue weighted by Gasteiger charge is -2.33. The summed E-state index contributed by atoms with van der Waals surface area (Å²) in [6.07, 6.45) is 0. The van der Waals surface area contributed by atoms with Crippen molar-refractivity contribution in [2.24, 2.45) is 0 Å². The van der Waals surface area contributed by atoms with Crippen LogP contribution in [0.5, 0.6) is 0 Å². The third-order valence-electron chi connectivity index (χ3n) is 3.23. The zero-order valence-electron chi connectivity index (χ0n) is 12.7. The van der Waals surface area contributed by atoms with Gasteiger partial charge in [0.1, 0.15) is 5.82 Å². The Hall–Kier alpha value is -1.13. The van der Waals surface area contributed by atoms with Gasteiger partial charge in [-0.1, -0.05) is 12.1 Å². The van der Waals surface area contributed by atoms with Crippen molar-refractivity contribution in [1.82, 2.24) is 10.2 Å². The molecule has 19 heavy (non-hydrogen) atoms. The van der Waals surface area contributed by atoms with E-state index in [-0.39, 0.29) is 11.9 Å². The molecule has 0 aromatic heterocycles. The predicted molar refractivity (Wildman–Crippen MR) is 80.2 cm³/mol. The molecule has 0 aliphatic rings. The van der Waals surface area contributed by atoms with Crippen LogP contribution in [0.2, 0.25) is 0 Å². The monoisotopic (exact) mass is 267 g/mol. The molecule has 1 atom stereocenters. The quantitative estimate of drug-likeness (QED) is 0.818. The maximum absolute atomic E-state index is 14.2. The molecule has 3 nitrogen and oxygen atoms in total. The molecule has 0 heterocycles. The first kappa shape index (κ1) is 15.9. The zero-order chi connectivity index (χ0) is 14.4. The maximum Gasteiger partial charge on any atom is 0.146 e. The average Bonchev–Trinajstić information content (AvgIpc) is 2.33. The fraction of sp³-hybridized carbons (Fsp3) is 0.600. The van der Waals surface area contributed by atoms with Crippen molar-refractivity contribution in [3.8, 4) is 0 Å². The van der Waals surface area contributed by atoms with Gasteiger partial charge in [-0.3, -0.25) is 0 Å². The second kappa shape index (κ2) is 7.46. The van der Waals surface area contributed by atoms with E-state index in [1.165, 1.54) is 0 Å². The van der Waals surface area contributed by atoms with Crippen molar-refractivity contribution >= 4 is 5.69 Å². The van der Waals surface area contributed by atoms with Gasteiger partial charge in [-0.2, -0.15) is 0 Å². The number of para-hydroxylation sites is 1. The molecule has 1 aromatic carbocycles. The van der Waals surface area contributed by atoms with Crippen LogP contribution in [0.1, 0.15) is 19.4 Å². The SMILES string of the molecule is CCN(c1c(F)cccc1CNC)C(C)CN(C)C. The number of hydrogen-bond acceptors (Lipinski definition) is 3. The van der Waals surface area contributed by atoms with Crippen LogP contribution in [0, 0.1) is 5.82 Å². The molecule has 4 heteroatoms. The van der Waals surface area contributed by atoms with Crippen LogP contribution >= 0.6 is 0 Å². The van der Waals surface area contributed by atoms with Gasteiger partial charge in [-0.05, 0) is 46.6 Å². The lowest BCUT2D eigenvalue weighted by molar-refractivity contribution is 0.371. The average molecular weight is 267 g/mol. The Bertz CT molecular complexity index is 393. The minimum atomic E-state index is -0.139. The normalized spacial score (nSPS) is 12.8. The van der Waals surface area contributed by atoms with E-state index < -0.39 is 0 Å². The van der Waals surface area contributed by atoms with E-state index >= 15 is 0 Å². The molecule has 0 amide bonds. The van der Waals surface area contributed by atoms with Crippen LogP contribution in [-0.4, -0.2) is 45.2 Å². The molecule has 0 aliphatic heterocycles. The molecule has 108 valence electrons. The van der Waals surface area contributed by atoms with Gasteiger partial charge in [-0.25, -0.2) is 4.39 Å². The molecule has 0 radical (unpaired) electrons. The van der Waals surface area contributed by atoms with Gasteiger partial charge in [0.15, 0.2) is 0 Å². The molecule has 0 saturated carbocycles. The minimum absolute atomic E-state index is 0.139. The Morgan fingerprint density at radius 2 is 2.00 bits per heavy atom. The van der Waals surface area contributed by atoms with E-state index in [1.54, 1.807) is 12.1 Å². The van der Waals surface area contributed by atoms with Crippen molar-refractivity contribution in [1.29, 1.82) is 0 Å². The van der Waals surface area contributed by atoms with Crippen LogP contribution in [0.15, 0.2) is 18.2 Å². The van der Waals surface area contributed by atoms with Crippen molar-refractivity contribution in [2.75, 3.05) is 39.1 Å². The van der Waals surface area contributed by atoms with Crippen LogP contribution in [0.4, 0.5) is 10.1 Å². The van der Waals surface area contributed by atoms with Crippen molar-refractivity contribution < 1.29 is 4.39 Å². The standard InChI is InChI=1S/C15H26FN3/c1-6-19(12(2)11-18(4)5)15-13(10-17-3)8-7-9-14(15)16/h7-9,12,17H,6,10-11H2,1-5H3. The Balaban J connectivity index is 3.09. The van der Waals surface area contributed by atoms with E-state index in [4.69, 9.17) is 0 Å². The number of rotatable bonds is 7. The summed E-state index contributed by atoms with van der Waals surface area (Å²) in [6.45, 7) is 6.59. The molecule has 0 saturated heterocycles. The van der Waals surface area contributed by atoms with Crippen LogP contribution in [-0.2, 0) is 6.54 Å². The number of hydrogen-bond donors (Lipinski definition) is 1. The summed E-state index contributed by atoms with van der Waals surface area (Å²) in [6, 6.07) is 5.57. The fourth-order valence-electron chi connectivity index (χ4n) is 2.53. The largest absolute Gasteiger partial charge is 0.365 e. The highest BCUT2D eigenvalue weighted by Gasteiger charge is 2.19. The minimum Gasteiger partial charge on any atom is -0.365 e. The van der Waals surface area contributed by atoms with Gasteiger partial charge in [0.2, 0.25) is 0 Å². The molecule has 0 spiro atoms. The van der Waals surface area contributed by atoms with Crippen molar-refractivity contribution in [3.63, 3.8) is 0 Å². The topological polar surface area (TPSA) is 18.5 Å².